The molecule has 0 radical (unpaired) electrons. The Bertz CT molecular complexity index is 1230. The topological polar surface area (TPSA) is 53.8 Å². The standard InChI is InChI=1S/C29H30N2O3/c1-22(2)18-31(29(33)26-15-14-24-11-6-7-12-25(24)17-26)21-28(32)30(20-27-13-8-16-34-27)19-23-9-4-3-5-10-23/h3-17,22H,18-21H2,1-2H3. The third-order valence-corrected chi connectivity index (χ3v) is 5.69. The third-order valence-electron chi connectivity index (χ3n) is 5.69. The summed E-state index contributed by atoms with van der Waals surface area (Å²) in [5, 5.41) is 2.09. The summed E-state index contributed by atoms with van der Waals surface area (Å²) in [6.45, 7) is 5.40. The van der Waals surface area contributed by atoms with Crippen molar-refractivity contribution in [1.82, 2.24) is 9.80 Å². The quantitative estimate of drug-likeness (QED) is 0.323. The first-order valence-corrected chi connectivity index (χ1v) is 11.6. The summed E-state index contributed by atoms with van der Waals surface area (Å²) in [6, 6.07) is 27.2. The molecule has 0 bridgehead atoms. The molecule has 5 nitrogen and oxygen atoms in total. The van der Waals surface area contributed by atoms with E-state index in [1.54, 1.807) is 16.1 Å². The van der Waals surface area contributed by atoms with E-state index < -0.39 is 0 Å². The van der Waals surface area contributed by atoms with E-state index in [1.165, 1.54) is 0 Å². The lowest BCUT2D eigenvalue weighted by molar-refractivity contribution is -0.133. The van der Waals surface area contributed by atoms with Gasteiger partial charge in [-0.05, 0) is 46.5 Å². The molecule has 34 heavy (non-hydrogen) atoms. The first kappa shape index (κ1) is 23.3. The molecule has 0 aliphatic carbocycles. The van der Waals surface area contributed by atoms with Gasteiger partial charge in [0.15, 0.2) is 0 Å². The van der Waals surface area contributed by atoms with E-state index >= 15 is 0 Å². The van der Waals surface area contributed by atoms with Crippen molar-refractivity contribution in [3.8, 4) is 0 Å². The maximum Gasteiger partial charge on any atom is 0.254 e. The van der Waals surface area contributed by atoms with E-state index in [0.29, 0.717) is 31.0 Å². The minimum atomic E-state index is -0.134. The van der Waals surface area contributed by atoms with E-state index in [2.05, 4.69) is 13.8 Å². The number of nitrogens with zero attached hydrogens (tertiary/aromatic N) is 2. The number of fused-ring (bicyclic) bond motifs is 1. The molecule has 2 amide bonds. The van der Waals surface area contributed by atoms with Crippen molar-refractivity contribution >= 4 is 22.6 Å². The van der Waals surface area contributed by atoms with Gasteiger partial charge in [0.2, 0.25) is 5.91 Å². The highest BCUT2D eigenvalue weighted by molar-refractivity contribution is 6.00. The van der Waals surface area contributed by atoms with E-state index in [4.69, 9.17) is 4.42 Å². The lowest BCUT2D eigenvalue weighted by Crippen LogP contribution is -2.43. The average molecular weight is 455 g/mol. The van der Waals surface area contributed by atoms with Crippen LogP contribution in [-0.2, 0) is 17.9 Å². The molecular weight excluding hydrogens is 424 g/mol. The van der Waals surface area contributed by atoms with E-state index in [0.717, 1.165) is 16.3 Å². The van der Waals surface area contributed by atoms with Crippen LogP contribution in [0.1, 0.15) is 35.5 Å². The second-order valence-corrected chi connectivity index (χ2v) is 8.96. The Morgan fingerprint density at radius 2 is 1.53 bits per heavy atom. The van der Waals surface area contributed by atoms with Crippen molar-refractivity contribution in [1.29, 1.82) is 0 Å². The van der Waals surface area contributed by atoms with Crippen LogP contribution in [0.5, 0.6) is 0 Å². The predicted molar refractivity (Wildman–Crippen MR) is 134 cm³/mol. The summed E-state index contributed by atoms with van der Waals surface area (Å²) >= 11 is 0. The van der Waals surface area contributed by atoms with Crippen LogP contribution in [0.25, 0.3) is 10.8 Å². The zero-order chi connectivity index (χ0) is 23.9. The molecule has 1 aromatic heterocycles. The molecule has 5 heteroatoms. The number of carbonyl (C=O) groups is 2. The summed E-state index contributed by atoms with van der Waals surface area (Å²) in [6.07, 6.45) is 1.61. The van der Waals surface area contributed by atoms with Gasteiger partial charge in [-0.15, -0.1) is 0 Å². The number of amides is 2. The van der Waals surface area contributed by atoms with Gasteiger partial charge in [0.1, 0.15) is 12.3 Å². The molecule has 0 saturated heterocycles. The molecule has 0 atom stereocenters. The fourth-order valence-corrected chi connectivity index (χ4v) is 4.05. The second kappa shape index (κ2) is 10.8. The lowest BCUT2D eigenvalue weighted by atomic mass is 10.1. The minimum Gasteiger partial charge on any atom is -0.467 e. The van der Waals surface area contributed by atoms with Gasteiger partial charge in [-0.3, -0.25) is 9.59 Å². The number of benzene rings is 3. The molecule has 4 rings (SSSR count). The molecule has 174 valence electrons. The number of furan rings is 1. The predicted octanol–water partition coefficient (Wildman–Crippen LogP) is 5.76. The molecular formula is C29H30N2O3. The molecule has 0 aliphatic heterocycles. The Morgan fingerprint density at radius 1 is 0.794 bits per heavy atom. The maximum atomic E-state index is 13.5. The summed E-state index contributed by atoms with van der Waals surface area (Å²) in [5.74, 6) is 0.686. The van der Waals surface area contributed by atoms with Gasteiger partial charge >= 0.3 is 0 Å². The molecule has 3 aromatic carbocycles. The van der Waals surface area contributed by atoms with Crippen molar-refractivity contribution in [3.63, 3.8) is 0 Å². The van der Waals surface area contributed by atoms with Crippen LogP contribution in [0, 0.1) is 5.92 Å². The zero-order valence-electron chi connectivity index (χ0n) is 19.7. The molecule has 0 spiro atoms. The highest BCUT2D eigenvalue weighted by Gasteiger charge is 2.24. The zero-order valence-corrected chi connectivity index (χ0v) is 19.7. The number of hydrogen-bond donors (Lipinski definition) is 0. The highest BCUT2D eigenvalue weighted by atomic mass is 16.3. The van der Waals surface area contributed by atoms with Crippen LogP contribution in [-0.4, -0.2) is 34.7 Å². The molecule has 0 N–H and O–H groups in total. The van der Waals surface area contributed by atoms with Gasteiger partial charge in [0.05, 0.1) is 12.8 Å². The van der Waals surface area contributed by atoms with Crippen LogP contribution in [0.15, 0.2) is 95.6 Å². The highest BCUT2D eigenvalue weighted by Crippen LogP contribution is 2.18. The van der Waals surface area contributed by atoms with E-state index in [9.17, 15) is 9.59 Å². The van der Waals surface area contributed by atoms with Gasteiger partial charge in [-0.25, -0.2) is 0 Å². The minimum absolute atomic E-state index is 0.0113. The van der Waals surface area contributed by atoms with E-state index in [-0.39, 0.29) is 24.3 Å². The Morgan fingerprint density at radius 3 is 2.24 bits per heavy atom. The molecule has 0 saturated carbocycles. The average Bonchev–Trinajstić information content (AvgIpc) is 3.36. The van der Waals surface area contributed by atoms with E-state index in [1.807, 2.05) is 84.9 Å². The lowest BCUT2D eigenvalue weighted by Gasteiger charge is -2.28. The van der Waals surface area contributed by atoms with Gasteiger partial charge < -0.3 is 14.2 Å². The third kappa shape index (κ3) is 5.93. The van der Waals surface area contributed by atoms with Gasteiger partial charge in [0, 0.05) is 18.7 Å². The summed E-state index contributed by atoms with van der Waals surface area (Å²) in [5.41, 5.74) is 1.62. The number of carbonyl (C=O) groups excluding carboxylic acids is 2. The largest absolute Gasteiger partial charge is 0.467 e. The van der Waals surface area contributed by atoms with Crippen LogP contribution in [0.4, 0.5) is 0 Å². The van der Waals surface area contributed by atoms with Crippen molar-refractivity contribution in [3.05, 3.63) is 108 Å². The summed E-state index contributed by atoms with van der Waals surface area (Å²) < 4.78 is 5.50. The normalized spacial score (nSPS) is 11.0. The molecule has 0 aliphatic rings. The molecule has 1 heterocycles. The SMILES string of the molecule is CC(C)CN(CC(=O)N(Cc1ccccc1)Cc1ccco1)C(=O)c1ccc2ccccc2c1. The van der Waals surface area contributed by atoms with Gasteiger partial charge in [-0.1, -0.05) is 74.5 Å². The Labute approximate surface area is 200 Å². The Hall–Kier alpha value is -3.86. The van der Waals surface area contributed by atoms with Crippen LogP contribution < -0.4 is 0 Å². The summed E-state index contributed by atoms with van der Waals surface area (Å²) in [4.78, 5) is 30.4. The van der Waals surface area contributed by atoms with Crippen LogP contribution in [0.2, 0.25) is 0 Å². The first-order chi connectivity index (χ1) is 16.5. The maximum absolute atomic E-state index is 13.5. The van der Waals surface area contributed by atoms with Crippen molar-refractivity contribution < 1.29 is 14.0 Å². The Balaban J connectivity index is 1.56. The van der Waals surface area contributed by atoms with Gasteiger partial charge in [-0.2, -0.15) is 0 Å². The number of rotatable bonds is 9. The van der Waals surface area contributed by atoms with Crippen LogP contribution in [0.3, 0.4) is 0 Å². The van der Waals surface area contributed by atoms with Crippen molar-refractivity contribution in [2.75, 3.05) is 13.1 Å². The molecule has 4 aromatic rings. The fraction of sp³-hybridized carbons (Fsp3) is 0.241. The molecule has 0 fully saturated rings. The van der Waals surface area contributed by atoms with Crippen molar-refractivity contribution in [2.24, 2.45) is 5.92 Å². The van der Waals surface area contributed by atoms with Crippen LogP contribution >= 0.6 is 0 Å². The smallest absolute Gasteiger partial charge is 0.254 e. The second-order valence-electron chi connectivity index (χ2n) is 8.96. The first-order valence-electron chi connectivity index (χ1n) is 11.6. The summed E-state index contributed by atoms with van der Waals surface area (Å²) in [7, 11) is 0. The Kier molecular flexibility index (Phi) is 7.43. The number of hydrogen-bond acceptors (Lipinski definition) is 3. The van der Waals surface area contributed by atoms with Crippen molar-refractivity contribution in [2.45, 2.75) is 26.9 Å². The molecule has 0 unspecified atom stereocenters. The van der Waals surface area contributed by atoms with Gasteiger partial charge in [0.25, 0.3) is 5.91 Å². The monoisotopic (exact) mass is 454 g/mol. The fourth-order valence-electron chi connectivity index (χ4n) is 4.05.